The highest BCUT2D eigenvalue weighted by Crippen LogP contribution is 1.89. The van der Waals surface area contributed by atoms with Crippen LogP contribution < -0.4 is 0 Å². The maximum absolute atomic E-state index is 10.5. The molecular weight excluding hydrogens is 146 g/mol. The van der Waals surface area contributed by atoms with Crippen LogP contribution in [0.15, 0.2) is 5.16 Å². The molecule has 0 heterocycles. The van der Waals surface area contributed by atoms with Gasteiger partial charge in [-0.15, -0.1) is 0 Å². The first-order valence-corrected chi connectivity index (χ1v) is 3.57. The van der Waals surface area contributed by atoms with Gasteiger partial charge in [-0.1, -0.05) is 12.1 Å². The van der Waals surface area contributed by atoms with Crippen molar-refractivity contribution in [1.29, 1.82) is 0 Å². The summed E-state index contributed by atoms with van der Waals surface area (Å²) in [6.45, 7) is 5.71. The molecule has 0 saturated heterocycles. The van der Waals surface area contributed by atoms with Crippen molar-refractivity contribution in [1.82, 2.24) is 0 Å². The monoisotopic (exact) mass is 159 g/mol. The van der Waals surface area contributed by atoms with E-state index in [9.17, 15) is 4.79 Å². The Kier molecular flexibility index (Phi) is 5.15. The molecule has 4 heteroatoms. The molecule has 0 aliphatic carbocycles. The summed E-state index contributed by atoms with van der Waals surface area (Å²) in [4.78, 5) is 14.9. The number of ether oxygens (including phenoxy) is 1. The van der Waals surface area contributed by atoms with Crippen molar-refractivity contribution < 1.29 is 14.4 Å². The van der Waals surface area contributed by atoms with Crippen LogP contribution in [0.25, 0.3) is 0 Å². The molecule has 0 aromatic heterocycles. The van der Waals surface area contributed by atoms with E-state index in [0.29, 0.717) is 6.61 Å². The third kappa shape index (κ3) is 5.39. The van der Waals surface area contributed by atoms with E-state index in [1.54, 1.807) is 13.8 Å². The van der Waals surface area contributed by atoms with Crippen molar-refractivity contribution in [3.63, 3.8) is 0 Å². The lowest BCUT2D eigenvalue weighted by molar-refractivity contribution is 0.0611. The SMILES string of the molecule is CCOC(=O)O/N=C(\C)CC. The lowest BCUT2D eigenvalue weighted by Crippen LogP contribution is -2.04. The highest BCUT2D eigenvalue weighted by Gasteiger charge is 1.99. The molecule has 64 valence electrons. The molecule has 0 bridgehead atoms. The average Bonchev–Trinajstić information content (AvgIpc) is 2.01. The summed E-state index contributed by atoms with van der Waals surface area (Å²) in [6, 6.07) is 0. The van der Waals surface area contributed by atoms with Crippen molar-refractivity contribution in [3.05, 3.63) is 0 Å². The average molecular weight is 159 g/mol. The molecule has 0 saturated carbocycles. The van der Waals surface area contributed by atoms with Crippen LogP contribution >= 0.6 is 0 Å². The molecule has 0 rings (SSSR count). The zero-order valence-corrected chi connectivity index (χ0v) is 7.09. The Morgan fingerprint density at radius 3 is 2.55 bits per heavy atom. The lowest BCUT2D eigenvalue weighted by Gasteiger charge is -1.97. The standard InChI is InChI=1S/C7H13NO3/c1-4-6(3)8-11-7(9)10-5-2/h4-5H2,1-3H3/b8-6+. The van der Waals surface area contributed by atoms with Gasteiger partial charge >= 0.3 is 6.16 Å². The Labute approximate surface area is 66.2 Å². The first-order valence-electron chi connectivity index (χ1n) is 3.57. The molecule has 0 atom stereocenters. The Bertz CT molecular complexity index is 154. The number of rotatable bonds is 3. The zero-order chi connectivity index (χ0) is 8.69. The molecule has 0 aromatic rings. The molecule has 0 N–H and O–H groups in total. The Morgan fingerprint density at radius 2 is 2.09 bits per heavy atom. The minimum absolute atomic E-state index is 0.305. The minimum Gasteiger partial charge on any atom is -0.433 e. The summed E-state index contributed by atoms with van der Waals surface area (Å²) in [5.41, 5.74) is 0.762. The Balaban J connectivity index is 3.60. The summed E-state index contributed by atoms with van der Waals surface area (Å²) in [5.74, 6) is 0. The summed E-state index contributed by atoms with van der Waals surface area (Å²) < 4.78 is 4.47. The Hall–Kier alpha value is -1.06. The first-order chi connectivity index (χ1) is 5.20. The predicted molar refractivity (Wildman–Crippen MR) is 41.5 cm³/mol. The molecule has 0 fully saturated rings. The van der Waals surface area contributed by atoms with E-state index >= 15 is 0 Å². The van der Waals surface area contributed by atoms with Crippen LogP contribution in [0.5, 0.6) is 0 Å². The van der Waals surface area contributed by atoms with Gasteiger partial charge < -0.3 is 4.74 Å². The normalized spacial score (nSPS) is 11.0. The quantitative estimate of drug-likeness (QED) is 0.273. The molecular formula is C7H13NO3. The fraction of sp³-hybridized carbons (Fsp3) is 0.714. The molecule has 0 aromatic carbocycles. The van der Waals surface area contributed by atoms with Crippen LogP contribution in [-0.4, -0.2) is 18.5 Å². The van der Waals surface area contributed by atoms with Crippen LogP contribution in [0.2, 0.25) is 0 Å². The van der Waals surface area contributed by atoms with Crippen molar-refractivity contribution in [3.8, 4) is 0 Å². The molecule has 0 aliphatic rings. The third-order valence-electron chi connectivity index (χ3n) is 1.05. The van der Waals surface area contributed by atoms with E-state index < -0.39 is 6.16 Å². The van der Waals surface area contributed by atoms with E-state index in [0.717, 1.165) is 12.1 Å². The molecule has 11 heavy (non-hydrogen) atoms. The summed E-state index contributed by atoms with van der Waals surface area (Å²) in [7, 11) is 0. The molecule has 0 aliphatic heterocycles. The van der Waals surface area contributed by atoms with Crippen molar-refractivity contribution in [2.45, 2.75) is 27.2 Å². The second-order valence-electron chi connectivity index (χ2n) is 1.95. The number of hydrogen-bond acceptors (Lipinski definition) is 4. The number of carbonyl (C=O) groups excluding carboxylic acids is 1. The summed E-state index contributed by atoms with van der Waals surface area (Å²) in [5, 5.41) is 3.50. The van der Waals surface area contributed by atoms with Crippen LogP contribution in [-0.2, 0) is 9.57 Å². The number of oxime groups is 1. The van der Waals surface area contributed by atoms with Gasteiger partial charge in [-0.2, -0.15) is 0 Å². The predicted octanol–water partition coefficient (Wildman–Crippen LogP) is 1.95. The van der Waals surface area contributed by atoms with Crippen molar-refractivity contribution >= 4 is 11.9 Å². The van der Waals surface area contributed by atoms with Gasteiger partial charge in [-0.25, -0.2) is 4.79 Å². The van der Waals surface area contributed by atoms with E-state index in [4.69, 9.17) is 0 Å². The highest BCUT2D eigenvalue weighted by molar-refractivity contribution is 5.81. The van der Waals surface area contributed by atoms with Crippen LogP contribution in [0, 0.1) is 0 Å². The smallest absolute Gasteiger partial charge is 0.433 e. The maximum atomic E-state index is 10.5. The van der Waals surface area contributed by atoms with Gasteiger partial charge in [0.05, 0.1) is 12.3 Å². The third-order valence-corrected chi connectivity index (χ3v) is 1.05. The number of nitrogens with zero attached hydrogens (tertiary/aromatic N) is 1. The van der Waals surface area contributed by atoms with Crippen LogP contribution in [0.4, 0.5) is 4.79 Å². The second-order valence-corrected chi connectivity index (χ2v) is 1.95. The van der Waals surface area contributed by atoms with Gasteiger partial charge in [0.1, 0.15) is 0 Å². The van der Waals surface area contributed by atoms with Crippen LogP contribution in [0.1, 0.15) is 27.2 Å². The number of carbonyl (C=O) groups is 1. The van der Waals surface area contributed by atoms with E-state index in [1.807, 2.05) is 6.92 Å². The van der Waals surface area contributed by atoms with Gasteiger partial charge in [-0.3, -0.25) is 4.84 Å². The van der Waals surface area contributed by atoms with E-state index in [1.165, 1.54) is 0 Å². The van der Waals surface area contributed by atoms with Gasteiger partial charge in [0, 0.05) is 0 Å². The fourth-order valence-electron chi connectivity index (χ4n) is 0.324. The second kappa shape index (κ2) is 5.70. The maximum Gasteiger partial charge on any atom is 0.535 e. The van der Waals surface area contributed by atoms with Crippen molar-refractivity contribution in [2.24, 2.45) is 5.16 Å². The fourth-order valence-corrected chi connectivity index (χ4v) is 0.324. The highest BCUT2D eigenvalue weighted by atomic mass is 16.8. The molecule has 4 nitrogen and oxygen atoms in total. The molecule has 0 amide bonds. The van der Waals surface area contributed by atoms with E-state index in [2.05, 4.69) is 14.7 Å². The molecule has 0 spiro atoms. The number of hydrogen-bond donors (Lipinski definition) is 0. The Morgan fingerprint density at radius 1 is 1.45 bits per heavy atom. The summed E-state index contributed by atoms with van der Waals surface area (Å²) >= 11 is 0. The van der Waals surface area contributed by atoms with Gasteiger partial charge in [0.15, 0.2) is 0 Å². The minimum atomic E-state index is -0.750. The molecule has 0 unspecified atom stereocenters. The van der Waals surface area contributed by atoms with E-state index in [-0.39, 0.29) is 0 Å². The molecule has 0 radical (unpaired) electrons. The topological polar surface area (TPSA) is 47.9 Å². The van der Waals surface area contributed by atoms with Crippen LogP contribution in [0.3, 0.4) is 0 Å². The zero-order valence-electron chi connectivity index (χ0n) is 7.09. The van der Waals surface area contributed by atoms with Gasteiger partial charge in [0.2, 0.25) is 0 Å². The van der Waals surface area contributed by atoms with Gasteiger partial charge in [0.25, 0.3) is 0 Å². The van der Waals surface area contributed by atoms with Gasteiger partial charge in [-0.05, 0) is 20.3 Å². The first kappa shape index (κ1) is 9.94. The largest absolute Gasteiger partial charge is 0.535 e. The summed E-state index contributed by atoms with van der Waals surface area (Å²) in [6.07, 6.45) is 0.0136. The van der Waals surface area contributed by atoms with Crippen molar-refractivity contribution in [2.75, 3.05) is 6.61 Å². The lowest BCUT2D eigenvalue weighted by atomic mass is 10.3.